The largest absolute Gasteiger partial charge is 0.444 e. The molecular formula is C15H26FNO4. The number of halogens is 1. The van der Waals surface area contributed by atoms with Crippen molar-refractivity contribution in [2.75, 3.05) is 13.2 Å². The van der Waals surface area contributed by atoms with E-state index in [0.717, 1.165) is 0 Å². The Labute approximate surface area is 125 Å². The summed E-state index contributed by atoms with van der Waals surface area (Å²) in [5.41, 5.74) is -1.32. The van der Waals surface area contributed by atoms with Crippen molar-refractivity contribution in [2.45, 2.75) is 64.8 Å². The molecule has 1 atom stereocenters. The molecule has 0 aromatic carbocycles. The molecule has 1 aliphatic heterocycles. The van der Waals surface area contributed by atoms with Crippen molar-refractivity contribution >= 4 is 6.09 Å². The second-order valence-corrected chi connectivity index (χ2v) is 6.65. The van der Waals surface area contributed by atoms with Gasteiger partial charge < -0.3 is 14.6 Å². The van der Waals surface area contributed by atoms with Crippen LogP contribution in [0.15, 0.2) is 11.9 Å². The Hall–Kier alpha value is -1.14. The molecule has 0 aromatic heterocycles. The van der Waals surface area contributed by atoms with Crippen molar-refractivity contribution in [3.8, 4) is 0 Å². The minimum Gasteiger partial charge on any atom is -0.444 e. The van der Waals surface area contributed by atoms with Crippen molar-refractivity contribution in [1.82, 2.24) is 4.90 Å². The summed E-state index contributed by atoms with van der Waals surface area (Å²) in [5, 5.41) is 8.63. The molecule has 0 saturated carbocycles. The van der Waals surface area contributed by atoms with Crippen LogP contribution in [0.4, 0.5) is 9.18 Å². The van der Waals surface area contributed by atoms with Gasteiger partial charge in [0, 0.05) is 0 Å². The first-order valence-electron chi connectivity index (χ1n) is 7.18. The minimum absolute atomic E-state index is 0.169. The Morgan fingerprint density at radius 2 is 2.14 bits per heavy atom. The van der Waals surface area contributed by atoms with Crippen molar-refractivity contribution in [3.05, 3.63) is 11.9 Å². The highest BCUT2D eigenvalue weighted by molar-refractivity contribution is 5.69. The Balaban J connectivity index is 2.73. The van der Waals surface area contributed by atoms with Gasteiger partial charge in [-0.25, -0.2) is 9.18 Å². The summed E-state index contributed by atoms with van der Waals surface area (Å²) in [6, 6.07) is -0.169. The molecule has 0 aromatic rings. The highest BCUT2D eigenvalue weighted by Crippen LogP contribution is 2.31. The number of hydrogen-bond donors (Lipinski definition) is 1. The number of aliphatic hydroxyl groups is 1. The van der Waals surface area contributed by atoms with Crippen LogP contribution in [0.25, 0.3) is 0 Å². The lowest BCUT2D eigenvalue weighted by atomic mass is 10.1. The molecule has 6 heteroatoms. The van der Waals surface area contributed by atoms with Crippen LogP contribution >= 0.6 is 0 Å². The fourth-order valence-electron chi connectivity index (χ4n) is 2.27. The number of ether oxygens (including phenoxy) is 2. The number of amides is 1. The average Bonchev–Trinajstić information content (AvgIpc) is 2.62. The summed E-state index contributed by atoms with van der Waals surface area (Å²) in [6.07, 6.45) is 1.88. The first kappa shape index (κ1) is 17.9. The zero-order valence-corrected chi connectivity index (χ0v) is 13.5. The van der Waals surface area contributed by atoms with Crippen LogP contribution < -0.4 is 0 Å². The van der Waals surface area contributed by atoms with Gasteiger partial charge >= 0.3 is 6.09 Å². The first-order valence-corrected chi connectivity index (χ1v) is 7.18. The van der Waals surface area contributed by atoms with Crippen molar-refractivity contribution < 1.29 is 23.8 Å². The summed E-state index contributed by atoms with van der Waals surface area (Å²) in [4.78, 5) is 13.9. The van der Waals surface area contributed by atoms with E-state index in [1.165, 1.54) is 6.08 Å². The normalized spacial score (nSPS) is 22.5. The van der Waals surface area contributed by atoms with E-state index < -0.39 is 29.9 Å². The smallest absolute Gasteiger partial charge is 0.412 e. The Bertz CT molecular complexity index is 401. The van der Waals surface area contributed by atoms with E-state index in [4.69, 9.17) is 14.6 Å². The molecule has 5 nitrogen and oxygen atoms in total. The van der Waals surface area contributed by atoms with E-state index in [0.29, 0.717) is 19.4 Å². The van der Waals surface area contributed by atoms with E-state index in [2.05, 4.69) is 0 Å². The van der Waals surface area contributed by atoms with E-state index in [1.54, 1.807) is 18.7 Å². The van der Waals surface area contributed by atoms with Gasteiger partial charge in [-0.2, -0.15) is 0 Å². The zero-order valence-electron chi connectivity index (χ0n) is 13.5. The van der Waals surface area contributed by atoms with E-state index in [9.17, 15) is 9.18 Å². The molecule has 0 aliphatic carbocycles. The quantitative estimate of drug-likeness (QED) is 0.867. The maximum absolute atomic E-state index is 12.9. The van der Waals surface area contributed by atoms with Crippen LogP contribution in [0.2, 0.25) is 0 Å². The second kappa shape index (κ2) is 6.75. The van der Waals surface area contributed by atoms with Gasteiger partial charge in [0.15, 0.2) is 0 Å². The van der Waals surface area contributed by atoms with Gasteiger partial charge in [0.1, 0.15) is 17.2 Å². The van der Waals surface area contributed by atoms with E-state index in [-0.39, 0.29) is 6.04 Å². The molecule has 1 fully saturated rings. The maximum Gasteiger partial charge on any atom is 0.412 e. The number of aliphatic hydroxyl groups excluding tert-OH is 1. The number of allylic oxidation sites excluding steroid dienone is 1. The van der Waals surface area contributed by atoms with Crippen molar-refractivity contribution in [2.24, 2.45) is 0 Å². The number of hydrogen-bond acceptors (Lipinski definition) is 4. The maximum atomic E-state index is 12.9. The van der Waals surface area contributed by atoms with Gasteiger partial charge in [-0.15, -0.1) is 0 Å². The minimum atomic E-state index is -0.744. The van der Waals surface area contributed by atoms with E-state index >= 15 is 0 Å². The number of carbonyl (C=O) groups excluding carboxylic acids is 1. The van der Waals surface area contributed by atoms with Crippen molar-refractivity contribution in [3.63, 3.8) is 0 Å². The standard InChI is InChI=1S/C15H26FNO4/c1-14(2,3)21-13(19)17-12(10-20-15(17,4)5)8-6-7-11(16)9-18/h7,12,18H,6,8-10H2,1-5H3/b11-7-/t12-/m0/s1. The van der Waals surface area contributed by atoms with Crippen LogP contribution in [-0.2, 0) is 9.47 Å². The monoisotopic (exact) mass is 303 g/mol. The summed E-state index contributed by atoms with van der Waals surface area (Å²) in [7, 11) is 0. The molecule has 122 valence electrons. The molecule has 1 heterocycles. The molecule has 0 spiro atoms. The molecule has 1 rings (SSSR count). The average molecular weight is 303 g/mol. The van der Waals surface area contributed by atoms with Crippen LogP contribution in [0.1, 0.15) is 47.5 Å². The van der Waals surface area contributed by atoms with Gasteiger partial charge in [-0.05, 0) is 47.5 Å². The number of nitrogens with zero attached hydrogens (tertiary/aromatic N) is 1. The predicted octanol–water partition coefficient (Wildman–Crippen LogP) is 2.98. The second-order valence-electron chi connectivity index (χ2n) is 6.65. The fourth-order valence-corrected chi connectivity index (χ4v) is 2.27. The molecule has 0 bridgehead atoms. The fraction of sp³-hybridized carbons (Fsp3) is 0.800. The van der Waals surface area contributed by atoms with Gasteiger partial charge in [0.25, 0.3) is 0 Å². The summed E-state index contributed by atoms with van der Waals surface area (Å²) >= 11 is 0. The Morgan fingerprint density at radius 3 is 2.67 bits per heavy atom. The zero-order chi connectivity index (χ0) is 16.3. The molecule has 1 N–H and O–H groups in total. The van der Waals surface area contributed by atoms with Gasteiger partial charge in [0.2, 0.25) is 0 Å². The number of rotatable bonds is 4. The molecule has 0 unspecified atom stereocenters. The lowest BCUT2D eigenvalue weighted by Crippen LogP contribution is -2.49. The van der Waals surface area contributed by atoms with E-state index in [1.807, 2.05) is 20.8 Å². The Kier molecular flexibility index (Phi) is 5.75. The molecule has 1 aliphatic rings. The SMILES string of the molecule is CC(C)(C)OC(=O)N1[C@@H](CC/C=C(\F)CO)COC1(C)C. The van der Waals surface area contributed by atoms with Crippen LogP contribution in [0.3, 0.4) is 0 Å². The first-order chi connectivity index (χ1) is 9.57. The highest BCUT2D eigenvalue weighted by Gasteiger charge is 2.45. The van der Waals surface area contributed by atoms with Gasteiger partial charge in [-0.3, -0.25) is 4.90 Å². The Morgan fingerprint density at radius 1 is 1.52 bits per heavy atom. The van der Waals surface area contributed by atoms with Crippen molar-refractivity contribution in [1.29, 1.82) is 0 Å². The highest BCUT2D eigenvalue weighted by atomic mass is 19.1. The predicted molar refractivity (Wildman–Crippen MR) is 77.4 cm³/mol. The topological polar surface area (TPSA) is 59.0 Å². The third-order valence-corrected chi connectivity index (χ3v) is 3.18. The molecule has 1 amide bonds. The molecular weight excluding hydrogens is 277 g/mol. The number of carbonyl (C=O) groups is 1. The lowest BCUT2D eigenvalue weighted by molar-refractivity contribution is -0.0626. The van der Waals surface area contributed by atoms with Gasteiger partial charge in [0.05, 0.1) is 19.3 Å². The molecule has 21 heavy (non-hydrogen) atoms. The lowest BCUT2D eigenvalue weighted by Gasteiger charge is -2.35. The summed E-state index contributed by atoms with van der Waals surface area (Å²) in [5.74, 6) is -0.558. The van der Waals surface area contributed by atoms with Crippen LogP contribution in [-0.4, -0.2) is 46.7 Å². The molecule has 1 saturated heterocycles. The summed E-state index contributed by atoms with van der Waals surface area (Å²) in [6.45, 7) is 8.83. The third-order valence-electron chi connectivity index (χ3n) is 3.18. The molecule has 0 radical (unpaired) electrons. The van der Waals surface area contributed by atoms with Crippen LogP contribution in [0, 0.1) is 0 Å². The summed E-state index contributed by atoms with van der Waals surface area (Å²) < 4.78 is 24.0. The van der Waals surface area contributed by atoms with Gasteiger partial charge in [-0.1, -0.05) is 6.08 Å². The third kappa shape index (κ3) is 5.28. The van der Waals surface area contributed by atoms with Crippen LogP contribution in [0.5, 0.6) is 0 Å².